The number of rotatable bonds is 6. The molecule has 0 amide bonds. The van der Waals surface area contributed by atoms with Crippen molar-refractivity contribution >= 4 is 27.2 Å². The Bertz CT molecular complexity index is 755. The van der Waals surface area contributed by atoms with Crippen LogP contribution in [-0.4, -0.2) is 26.6 Å². The Morgan fingerprint density at radius 3 is 2.23 bits per heavy atom. The zero-order valence-electron chi connectivity index (χ0n) is 11.3. The number of carbonyl (C=O) groups is 1. The Labute approximate surface area is 132 Å². The second-order valence-electron chi connectivity index (χ2n) is 4.49. The van der Waals surface area contributed by atoms with Crippen molar-refractivity contribution in [2.75, 3.05) is 12.4 Å². The molecule has 2 aromatic carbocycles. The first-order chi connectivity index (χ1) is 10.4. The van der Waals surface area contributed by atoms with Gasteiger partial charge in [0, 0.05) is 5.02 Å². The average Bonchev–Trinajstić information content (AvgIpc) is 2.46. The minimum Gasteiger partial charge on any atom is -0.486 e. The fourth-order valence-corrected chi connectivity index (χ4v) is 3.02. The molecule has 0 saturated carbocycles. The molecular formula is C15H12ClFO4S. The minimum atomic E-state index is -3.74. The zero-order chi connectivity index (χ0) is 16.2. The molecule has 116 valence electrons. The fraction of sp³-hybridized carbons (Fsp3) is 0.133. The largest absolute Gasteiger partial charge is 0.486 e. The van der Waals surface area contributed by atoms with Gasteiger partial charge in [0.1, 0.15) is 23.9 Å². The molecule has 0 aromatic heterocycles. The number of ketones is 1. The lowest BCUT2D eigenvalue weighted by molar-refractivity contribution is -0.118. The summed E-state index contributed by atoms with van der Waals surface area (Å²) in [4.78, 5) is 11.8. The molecule has 0 spiro atoms. The van der Waals surface area contributed by atoms with Gasteiger partial charge < -0.3 is 4.74 Å². The average molecular weight is 343 g/mol. The maximum absolute atomic E-state index is 12.7. The lowest BCUT2D eigenvalue weighted by atomic mass is 10.3. The Kier molecular flexibility index (Phi) is 5.15. The predicted octanol–water partition coefficient (Wildman–Crippen LogP) is 2.90. The summed E-state index contributed by atoms with van der Waals surface area (Å²) in [7, 11) is -3.74. The lowest BCUT2D eigenvalue weighted by Crippen LogP contribution is -2.22. The fourth-order valence-electron chi connectivity index (χ4n) is 1.67. The molecule has 0 radical (unpaired) electrons. The summed E-state index contributed by atoms with van der Waals surface area (Å²) in [6.07, 6.45) is 0. The molecule has 0 fully saturated rings. The maximum Gasteiger partial charge on any atom is 0.185 e. The summed E-state index contributed by atoms with van der Waals surface area (Å²) in [6.45, 7) is -0.404. The number of ether oxygens (including phenoxy) is 1. The molecule has 0 N–H and O–H groups in total. The number of benzene rings is 2. The predicted molar refractivity (Wildman–Crippen MR) is 80.4 cm³/mol. The molecule has 7 heteroatoms. The van der Waals surface area contributed by atoms with E-state index in [1.807, 2.05) is 0 Å². The van der Waals surface area contributed by atoms with Gasteiger partial charge in [-0.15, -0.1) is 0 Å². The van der Waals surface area contributed by atoms with Crippen LogP contribution in [0.2, 0.25) is 5.02 Å². The van der Waals surface area contributed by atoms with Gasteiger partial charge in [0.25, 0.3) is 0 Å². The van der Waals surface area contributed by atoms with Crippen molar-refractivity contribution in [2.45, 2.75) is 4.90 Å². The van der Waals surface area contributed by atoms with Crippen molar-refractivity contribution in [1.29, 1.82) is 0 Å². The van der Waals surface area contributed by atoms with E-state index in [9.17, 15) is 17.6 Å². The van der Waals surface area contributed by atoms with Crippen LogP contribution in [0.25, 0.3) is 0 Å². The topological polar surface area (TPSA) is 60.4 Å². The summed E-state index contributed by atoms with van der Waals surface area (Å²) >= 11 is 5.69. The molecule has 0 aliphatic carbocycles. The summed E-state index contributed by atoms with van der Waals surface area (Å²) in [5, 5.41) is 0.407. The van der Waals surface area contributed by atoms with Crippen LogP contribution in [0.5, 0.6) is 5.75 Å². The first-order valence-electron chi connectivity index (χ1n) is 6.25. The third-order valence-electron chi connectivity index (χ3n) is 2.74. The number of hydrogen-bond donors (Lipinski definition) is 0. The van der Waals surface area contributed by atoms with E-state index >= 15 is 0 Å². The van der Waals surface area contributed by atoms with Gasteiger partial charge in [-0.3, -0.25) is 4.79 Å². The van der Waals surface area contributed by atoms with Crippen LogP contribution in [0.1, 0.15) is 0 Å². The van der Waals surface area contributed by atoms with Crippen molar-refractivity contribution in [2.24, 2.45) is 0 Å². The van der Waals surface area contributed by atoms with Crippen LogP contribution in [0.15, 0.2) is 53.4 Å². The van der Waals surface area contributed by atoms with E-state index in [2.05, 4.69) is 0 Å². The van der Waals surface area contributed by atoms with Gasteiger partial charge in [0.2, 0.25) is 0 Å². The lowest BCUT2D eigenvalue weighted by Gasteiger charge is -2.06. The Morgan fingerprint density at radius 1 is 1.05 bits per heavy atom. The van der Waals surface area contributed by atoms with Gasteiger partial charge in [-0.1, -0.05) is 11.6 Å². The van der Waals surface area contributed by atoms with Crippen molar-refractivity contribution in [3.63, 3.8) is 0 Å². The molecule has 0 saturated heterocycles. The van der Waals surface area contributed by atoms with E-state index in [-0.39, 0.29) is 4.90 Å². The number of sulfone groups is 1. The third kappa shape index (κ3) is 4.54. The van der Waals surface area contributed by atoms with E-state index < -0.39 is 33.8 Å². The zero-order valence-corrected chi connectivity index (χ0v) is 12.9. The summed E-state index contributed by atoms with van der Waals surface area (Å²) in [5.41, 5.74) is 0. The van der Waals surface area contributed by atoms with Crippen LogP contribution in [-0.2, 0) is 14.6 Å². The highest BCUT2D eigenvalue weighted by Gasteiger charge is 2.19. The van der Waals surface area contributed by atoms with Gasteiger partial charge in [0.05, 0.1) is 4.90 Å². The van der Waals surface area contributed by atoms with Crippen LogP contribution in [0.3, 0.4) is 0 Å². The van der Waals surface area contributed by atoms with E-state index in [1.165, 1.54) is 48.5 Å². The number of Topliss-reactive ketones (excluding diaryl/α,β-unsaturated/α-hetero) is 1. The highest BCUT2D eigenvalue weighted by molar-refractivity contribution is 7.92. The summed E-state index contributed by atoms with van der Waals surface area (Å²) in [5.74, 6) is -1.41. The monoisotopic (exact) mass is 342 g/mol. The molecule has 4 nitrogen and oxygen atoms in total. The van der Waals surface area contributed by atoms with Crippen LogP contribution >= 0.6 is 11.6 Å². The molecule has 0 bridgehead atoms. The van der Waals surface area contributed by atoms with E-state index in [4.69, 9.17) is 16.3 Å². The Morgan fingerprint density at radius 2 is 1.64 bits per heavy atom. The Balaban J connectivity index is 1.96. The van der Waals surface area contributed by atoms with Crippen LogP contribution in [0.4, 0.5) is 4.39 Å². The second kappa shape index (κ2) is 6.89. The smallest absolute Gasteiger partial charge is 0.185 e. The molecule has 2 aromatic rings. The van der Waals surface area contributed by atoms with E-state index in [0.29, 0.717) is 10.8 Å². The first-order valence-corrected chi connectivity index (χ1v) is 8.28. The number of carbonyl (C=O) groups excluding carboxylic acids is 1. The molecule has 0 heterocycles. The third-order valence-corrected chi connectivity index (χ3v) is 4.68. The van der Waals surface area contributed by atoms with Crippen molar-refractivity contribution in [3.05, 3.63) is 59.4 Å². The Hall–Kier alpha value is -1.92. The van der Waals surface area contributed by atoms with Crippen LogP contribution in [0, 0.1) is 5.82 Å². The van der Waals surface area contributed by atoms with Crippen molar-refractivity contribution in [1.82, 2.24) is 0 Å². The molecule has 0 aliphatic heterocycles. The molecular weight excluding hydrogens is 331 g/mol. The summed E-state index contributed by atoms with van der Waals surface area (Å²) < 4.78 is 41.9. The van der Waals surface area contributed by atoms with Crippen molar-refractivity contribution < 1.29 is 22.3 Å². The van der Waals surface area contributed by atoms with Crippen LogP contribution < -0.4 is 4.74 Å². The molecule has 0 aliphatic rings. The highest BCUT2D eigenvalue weighted by Crippen LogP contribution is 2.16. The van der Waals surface area contributed by atoms with E-state index in [1.54, 1.807) is 0 Å². The first kappa shape index (κ1) is 16.5. The second-order valence-corrected chi connectivity index (χ2v) is 6.92. The normalized spacial score (nSPS) is 11.2. The standard InChI is InChI=1S/C15H12ClFO4S/c16-11-1-7-15(8-2-11)22(19,20)10-13(18)9-21-14-5-3-12(17)4-6-14/h1-8H,9-10H2. The van der Waals surface area contributed by atoms with E-state index in [0.717, 1.165) is 0 Å². The quantitative estimate of drug-likeness (QED) is 0.810. The molecule has 0 unspecified atom stereocenters. The van der Waals surface area contributed by atoms with Crippen molar-refractivity contribution in [3.8, 4) is 5.75 Å². The summed E-state index contributed by atoms with van der Waals surface area (Å²) in [6, 6.07) is 10.6. The molecule has 0 atom stereocenters. The number of halogens is 2. The van der Waals surface area contributed by atoms with Gasteiger partial charge in [0.15, 0.2) is 15.6 Å². The maximum atomic E-state index is 12.7. The van der Waals surface area contributed by atoms with Gasteiger partial charge >= 0.3 is 0 Å². The molecule has 2 rings (SSSR count). The van der Waals surface area contributed by atoms with Gasteiger partial charge in [-0.05, 0) is 48.5 Å². The van der Waals surface area contributed by atoms with Gasteiger partial charge in [-0.2, -0.15) is 0 Å². The number of hydrogen-bond acceptors (Lipinski definition) is 4. The SMILES string of the molecule is O=C(COc1ccc(F)cc1)CS(=O)(=O)c1ccc(Cl)cc1. The van der Waals surface area contributed by atoms with Gasteiger partial charge in [-0.25, -0.2) is 12.8 Å². The highest BCUT2D eigenvalue weighted by atomic mass is 35.5. The minimum absolute atomic E-state index is 0.0204. The molecule has 22 heavy (non-hydrogen) atoms.